The molecule has 0 saturated carbocycles. The molecule has 0 saturated heterocycles. The number of hydrogen-bond donors (Lipinski definition) is 0. The zero-order valence-corrected chi connectivity index (χ0v) is 18.2. The Labute approximate surface area is 195 Å². The minimum absolute atomic E-state index is 0.807. The van der Waals surface area contributed by atoms with Crippen molar-refractivity contribution in [2.24, 2.45) is 0 Å². The molecule has 0 N–H and O–H groups in total. The monoisotopic (exact) mass is 437 g/mol. The maximum absolute atomic E-state index is 5.04. The summed E-state index contributed by atoms with van der Waals surface area (Å²) in [5.74, 6) is 0.807. The van der Waals surface area contributed by atoms with Crippen LogP contribution in [0.4, 0.5) is 0 Å². The summed E-state index contributed by atoms with van der Waals surface area (Å²) in [7, 11) is 0. The van der Waals surface area contributed by atoms with Crippen LogP contribution in [0.2, 0.25) is 0 Å². The van der Waals surface area contributed by atoms with Crippen molar-refractivity contribution in [3.63, 3.8) is 0 Å². The van der Waals surface area contributed by atoms with Crippen LogP contribution in [-0.2, 0) is 0 Å². The number of para-hydroxylation sites is 2. The quantitative estimate of drug-likeness (QED) is 0.314. The summed E-state index contributed by atoms with van der Waals surface area (Å²) >= 11 is 0. The predicted octanol–water partition coefficient (Wildman–Crippen LogP) is 6.58. The van der Waals surface area contributed by atoms with E-state index < -0.39 is 0 Å². The molecular formula is C29H19N5. The van der Waals surface area contributed by atoms with Gasteiger partial charge in [0.05, 0.1) is 16.9 Å². The van der Waals surface area contributed by atoms with Crippen molar-refractivity contribution in [3.8, 4) is 22.9 Å². The lowest BCUT2D eigenvalue weighted by Gasteiger charge is -2.12. The predicted molar refractivity (Wildman–Crippen MR) is 136 cm³/mol. The van der Waals surface area contributed by atoms with Crippen molar-refractivity contribution in [2.45, 2.75) is 0 Å². The van der Waals surface area contributed by atoms with Crippen LogP contribution in [0.1, 0.15) is 0 Å². The third kappa shape index (κ3) is 2.70. The SMILES string of the molecule is c1ccc(-n2c3ccccc3c3c4cccnc4n(-c4cccc(-c5ccccn5)n4)c32)cc1. The highest BCUT2D eigenvalue weighted by molar-refractivity contribution is 6.21. The summed E-state index contributed by atoms with van der Waals surface area (Å²) in [5.41, 5.74) is 5.85. The molecule has 0 unspecified atom stereocenters. The number of hydrogen-bond acceptors (Lipinski definition) is 3. The van der Waals surface area contributed by atoms with Gasteiger partial charge in [-0.05, 0) is 54.6 Å². The smallest absolute Gasteiger partial charge is 0.147 e. The minimum atomic E-state index is 0.807. The Morgan fingerprint density at radius 3 is 2.18 bits per heavy atom. The van der Waals surface area contributed by atoms with E-state index in [4.69, 9.17) is 9.97 Å². The van der Waals surface area contributed by atoms with Gasteiger partial charge in [0, 0.05) is 34.2 Å². The molecule has 0 radical (unpaired) electrons. The lowest BCUT2D eigenvalue weighted by Crippen LogP contribution is -2.04. The Morgan fingerprint density at radius 2 is 1.29 bits per heavy atom. The second kappa shape index (κ2) is 7.39. The second-order valence-corrected chi connectivity index (χ2v) is 8.19. The lowest BCUT2D eigenvalue weighted by atomic mass is 10.1. The number of nitrogens with zero attached hydrogens (tertiary/aromatic N) is 5. The average molecular weight is 438 g/mol. The Bertz CT molecular complexity index is 1800. The molecule has 34 heavy (non-hydrogen) atoms. The van der Waals surface area contributed by atoms with Crippen molar-refractivity contribution in [1.29, 1.82) is 0 Å². The molecule has 5 heterocycles. The molecule has 0 aliphatic heterocycles. The first-order valence-corrected chi connectivity index (χ1v) is 11.2. The Morgan fingerprint density at radius 1 is 0.529 bits per heavy atom. The first-order chi connectivity index (χ1) is 16.9. The summed E-state index contributed by atoms with van der Waals surface area (Å²) in [6.07, 6.45) is 3.64. The molecule has 5 nitrogen and oxygen atoms in total. The van der Waals surface area contributed by atoms with Crippen molar-refractivity contribution in [2.75, 3.05) is 0 Å². The van der Waals surface area contributed by atoms with Crippen LogP contribution in [0.5, 0.6) is 0 Å². The lowest BCUT2D eigenvalue weighted by molar-refractivity contribution is 1.01. The number of aromatic nitrogens is 5. The zero-order chi connectivity index (χ0) is 22.5. The highest BCUT2D eigenvalue weighted by Crippen LogP contribution is 2.39. The summed E-state index contributed by atoms with van der Waals surface area (Å²) in [6.45, 7) is 0. The fourth-order valence-corrected chi connectivity index (χ4v) is 4.83. The van der Waals surface area contributed by atoms with Crippen LogP contribution in [0.15, 0.2) is 116 Å². The van der Waals surface area contributed by atoms with Gasteiger partial charge in [-0.1, -0.05) is 48.5 Å². The van der Waals surface area contributed by atoms with Gasteiger partial charge >= 0.3 is 0 Å². The maximum Gasteiger partial charge on any atom is 0.147 e. The maximum atomic E-state index is 5.04. The largest absolute Gasteiger partial charge is 0.295 e. The topological polar surface area (TPSA) is 48.5 Å². The molecule has 0 atom stereocenters. The highest BCUT2D eigenvalue weighted by atomic mass is 15.2. The molecule has 7 aromatic rings. The summed E-state index contributed by atoms with van der Waals surface area (Å²) in [4.78, 5) is 14.3. The number of fused-ring (bicyclic) bond motifs is 5. The highest BCUT2D eigenvalue weighted by Gasteiger charge is 2.23. The van der Waals surface area contributed by atoms with Crippen molar-refractivity contribution >= 4 is 33.0 Å². The number of rotatable bonds is 3. The van der Waals surface area contributed by atoms with Gasteiger partial charge in [0.1, 0.15) is 17.1 Å². The molecular weight excluding hydrogens is 418 g/mol. The van der Waals surface area contributed by atoms with Gasteiger partial charge in [0.2, 0.25) is 0 Å². The van der Waals surface area contributed by atoms with E-state index in [1.54, 1.807) is 6.20 Å². The summed E-state index contributed by atoms with van der Waals surface area (Å²) in [6, 6.07) is 35.1. The fraction of sp³-hybridized carbons (Fsp3) is 0. The molecule has 0 aliphatic carbocycles. The third-order valence-electron chi connectivity index (χ3n) is 6.23. The molecule has 0 fully saturated rings. The molecule has 0 aliphatic rings. The molecule has 0 bridgehead atoms. The van der Waals surface area contributed by atoms with Crippen LogP contribution in [0.3, 0.4) is 0 Å². The van der Waals surface area contributed by atoms with E-state index in [1.165, 1.54) is 10.8 Å². The molecule has 5 heteroatoms. The second-order valence-electron chi connectivity index (χ2n) is 8.19. The summed E-state index contributed by atoms with van der Waals surface area (Å²) < 4.78 is 4.48. The van der Waals surface area contributed by atoms with Gasteiger partial charge in [0.15, 0.2) is 0 Å². The van der Waals surface area contributed by atoms with Crippen molar-refractivity contribution in [1.82, 2.24) is 24.1 Å². The molecule has 160 valence electrons. The van der Waals surface area contributed by atoms with E-state index >= 15 is 0 Å². The number of pyridine rings is 3. The minimum Gasteiger partial charge on any atom is -0.295 e. The fourth-order valence-electron chi connectivity index (χ4n) is 4.83. The molecule has 7 rings (SSSR count). The van der Waals surface area contributed by atoms with Crippen molar-refractivity contribution < 1.29 is 0 Å². The first kappa shape index (κ1) is 18.8. The van der Waals surface area contributed by atoms with Gasteiger partial charge in [-0.25, -0.2) is 9.97 Å². The molecule has 5 aromatic heterocycles. The first-order valence-electron chi connectivity index (χ1n) is 11.2. The van der Waals surface area contributed by atoms with Gasteiger partial charge in [-0.3, -0.25) is 14.1 Å². The Balaban J connectivity index is 1.65. The van der Waals surface area contributed by atoms with E-state index in [-0.39, 0.29) is 0 Å². The van der Waals surface area contributed by atoms with Crippen LogP contribution in [0, 0.1) is 0 Å². The van der Waals surface area contributed by atoms with Gasteiger partial charge < -0.3 is 0 Å². The van der Waals surface area contributed by atoms with Gasteiger partial charge in [-0.2, -0.15) is 0 Å². The normalized spacial score (nSPS) is 11.5. The zero-order valence-electron chi connectivity index (χ0n) is 18.2. The van der Waals surface area contributed by atoms with Crippen LogP contribution < -0.4 is 0 Å². The van der Waals surface area contributed by atoms with E-state index in [0.29, 0.717) is 0 Å². The Kier molecular flexibility index (Phi) is 4.08. The van der Waals surface area contributed by atoms with Crippen LogP contribution in [0.25, 0.3) is 55.9 Å². The standard InChI is InChI=1S/C29H19N5/c1-2-10-20(11-3-1)33-25-16-5-4-12-21(25)27-22-13-9-19-31-28(22)34(29(27)33)26-17-8-15-24(32-26)23-14-6-7-18-30-23/h1-19H. The third-order valence-corrected chi connectivity index (χ3v) is 6.23. The van der Waals surface area contributed by atoms with Crippen LogP contribution in [-0.4, -0.2) is 24.1 Å². The molecule has 0 spiro atoms. The van der Waals surface area contributed by atoms with E-state index in [1.807, 2.05) is 54.7 Å². The van der Waals surface area contributed by atoms with Gasteiger partial charge in [0.25, 0.3) is 0 Å². The van der Waals surface area contributed by atoms with E-state index in [9.17, 15) is 0 Å². The van der Waals surface area contributed by atoms with E-state index in [0.717, 1.165) is 45.1 Å². The average Bonchev–Trinajstić information content (AvgIpc) is 3.42. The van der Waals surface area contributed by atoms with Crippen LogP contribution >= 0.6 is 0 Å². The summed E-state index contributed by atoms with van der Waals surface area (Å²) in [5, 5.41) is 3.47. The van der Waals surface area contributed by atoms with E-state index in [2.05, 4.69) is 68.7 Å². The number of benzene rings is 2. The Hall–Kier alpha value is -4.77. The van der Waals surface area contributed by atoms with Crippen molar-refractivity contribution in [3.05, 3.63) is 116 Å². The molecule has 2 aromatic carbocycles. The van der Waals surface area contributed by atoms with Gasteiger partial charge in [-0.15, -0.1) is 0 Å². The molecule has 0 amide bonds.